The summed E-state index contributed by atoms with van der Waals surface area (Å²) in [6.07, 6.45) is 2.01. The summed E-state index contributed by atoms with van der Waals surface area (Å²) in [7, 11) is -4.49. The first-order valence-electron chi connectivity index (χ1n) is 5.96. The molecular weight excluding hydrogens is 351 g/mol. The van der Waals surface area contributed by atoms with Gasteiger partial charge in [0.1, 0.15) is 0 Å². The zero-order valence-corrected chi connectivity index (χ0v) is 13.6. The van der Waals surface area contributed by atoms with Crippen molar-refractivity contribution in [3.63, 3.8) is 0 Å². The third-order valence-electron chi connectivity index (χ3n) is 2.72. The Morgan fingerprint density at radius 2 is 1.59 bits per heavy atom. The van der Waals surface area contributed by atoms with E-state index < -0.39 is 15.6 Å². The molecule has 0 aliphatic heterocycles. The Hall–Kier alpha value is 0.01000. The van der Waals surface area contributed by atoms with Crippen LogP contribution in [0.3, 0.4) is 0 Å². The molecule has 0 spiro atoms. The molecule has 0 aliphatic carbocycles. The molecule has 0 saturated heterocycles. The van der Waals surface area contributed by atoms with E-state index in [4.69, 9.17) is 4.55 Å². The molecule has 0 saturated carbocycles. The van der Waals surface area contributed by atoms with Crippen LogP contribution in [0, 0.1) is 0 Å². The van der Waals surface area contributed by atoms with Crippen LogP contribution in [0.25, 0.3) is 0 Å². The van der Waals surface area contributed by atoms with Crippen LogP contribution in [-0.2, 0) is 10.1 Å². The molecule has 8 heteroatoms. The number of thioether (sulfide) groups is 1. The summed E-state index contributed by atoms with van der Waals surface area (Å²) in [6, 6.07) is 14.4. The molecule has 0 fully saturated rings. The van der Waals surface area contributed by atoms with Crippen molar-refractivity contribution in [3.05, 3.63) is 54.1 Å². The zero-order valence-electron chi connectivity index (χ0n) is 11.1. The minimum atomic E-state index is -4.49. The summed E-state index contributed by atoms with van der Waals surface area (Å²) in [5, 5.41) is 9.46. The van der Waals surface area contributed by atoms with E-state index in [-0.39, 0.29) is 35.1 Å². The molecule has 2 N–H and O–H groups in total. The predicted molar refractivity (Wildman–Crippen MR) is 92.4 cm³/mol. The number of aliphatic hydroxyl groups excluding tert-OH is 1. The maximum atomic E-state index is 10.9. The second-order valence-corrected chi connectivity index (χ2v) is 7.72. The van der Waals surface area contributed by atoms with Crippen LogP contribution >= 0.6 is 23.5 Å². The van der Waals surface area contributed by atoms with Crippen molar-refractivity contribution in [1.29, 1.82) is 0 Å². The number of hydrogen-bond donors (Lipinski definition) is 2. The molecule has 22 heavy (non-hydrogen) atoms. The van der Waals surface area contributed by atoms with Gasteiger partial charge in [0.2, 0.25) is 5.44 Å². The van der Waals surface area contributed by atoms with Gasteiger partial charge in [-0.3, -0.25) is 4.55 Å². The molecular formula is C14H15NaO4S3. The Morgan fingerprint density at radius 3 is 2.14 bits per heavy atom. The monoisotopic (exact) mass is 366 g/mol. The van der Waals surface area contributed by atoms with Gasteiger partial charge in [-0.15, -0.1) is 11.8 Å². The molecule has 0 aliphatic rings. The predicted octanol–water partition coefficient (Wildman–Crippen LogP) is 2.79. The summed E-state index contributed by atoms with van der Waals surface area (Å²) < 4.78 is 30.6. The van der Waals surface area contributed by atoms with Crippen molar-refractivity contribution in [2.24, 2.45) is 0 Å². The zero-order chi connectivity index (χ0) is 15.5. The van der Waals surface area contributed by atoms with Crippen molar-refractivity contribution in [2.45, 2.75) is 20.1 Å². The van der Waals surface area contributed by atoms with Gasteiger partial charge in [0.25, 0.3) is 10.1 Å². The van der Waals surface area contributed by atoms with Crippen molar-refractivity contribution in [2.75, 3.05) is 6.26 Å². The quantitative estimate of drug-likeness (QED) is 0.482. The second kappa shape index (κ2) is 8.75. The van der Waals surface area contributed by atoms with Crippen molar-refractivity contribution < 1.29 is 18.1 Å². The molecule has 2 aromatic rings. The van der Waals surface area contributed by atoms with E-state index >= 15 is 0 Å². The Labute approximate surface area is 160 Å². The van der Waals surface area contributed by atoms with Gasteiger partial charge in [-0.2, -0.15) is 8.42 Å². The van der Waals surface area contributed by atoms with Gasteiger partial charge in [-0.1, -0.05) is 30.0 Å². The molecule has 0 aromatic heterocycles. The Morgan fingerprint density at radius 1 is 1.00 bits per heavy atom. The third-order valence-corrected chi connectivity index (χ3v) is 5.28. The summed E-state index contributed by atoms with van der Waals surface area (Å²) in [5.41, 5.74) is -1.77. The summed E-state index contributed by atoms with van der Waals surface area (Å²) in [6.45, 7) is 0. The van der Waals surface area contributed by atoms with Crippen molar-refractivity contribution >= 4 is 63.2 Å². The molecule has 0 radical (unpaired) electrons. The van der Waals surface area contributed by atoms with Crippen molar-refractivity contribution in [1.82, 2.24) is 0 Å². The first kappa shape index (κ1) is 20.1. The van der Waals surface area contributed by atoms with E-state index in [1.54, 1.807) is 23.9 Å². The average molecular weight is 366 g/mol. The van der Waals surface area contributed by atoms with Crippen LogP contribution in [0.15, 0.2) is 63.2 Å². The van der Waals surface area contributed by atoms with Crippen molar-refractivity contribution in [3.8, 4) is 0 Å². The van der Waals surface area contributed by atoms with Gasteiger partial charge >= 0.3 is 29.6 Å². The van der Waals surface area contributed by atoms with Gasteiger partial charge in [0, 0.05) is 14.7 Å². The standard InChI is InChI=1S/C14H14O4S3.Na.H/c1-19-12-3-2-4-13(9-12)20-11-7-5-10(6-8-11)14(15)21(16,17)18;;/h2-9,14-15H,1H3,(H,16,17,18);;. The third kappa shape index (κ3) is 5.58. The molecule has 1 atom stereocenters. The first-order chi connectivity index (χ1) is 9.90. The fourth-order valence-electron chi connectivity index (χ4n) is 1.67. The average Bonchev–Trinajstić information content (AvgIpc) is 2.46. The van der Waals surface area contributed by atoms with Crippen LogP contribution in [-0.4, -0.2) is 53.9 Å². The summed E-state index contributed by atoms with van der Waals surface area (Å²) >= 11 is 3.20. The molecule has 2 aromatic carbocycles. The second-order valence-electron chi connectivity index (χ2n) is 4.22. The van der Waals surface area contributed by atoms with Crippen LogP contribution in [0.5, 0.6) is 0 Å². The molecule has 0 amide bonds. The van der Waals surface area contributed by atoms with Gasteiger partial charge < -0.3 is 5.11 Å². The summed E-state index contributed by atoms with van der Waals surface area (Å²) in [5.74, 6) is 0. The first-order valence-corrected chi connectivity index (χ1v) is 9.51. The fraction of sp³-hybridized carbons (Fsp3) is 0.143. The molecule has 0 heterocycles. The van der Waals surface area contributed by atoms with E-state index in [1.807, 2.05) is 24.5 Å². The topological polar surface area (TPSA) is 74.6 Å². The molecule has 1 unspecified atom stereocenters. The van der Waals surface area contributed by atoms with Crippen LogP contribution in [0.4, 0.5) is 0 Å². The Balaban J connectivity index is 0.00000242. The summed E-state index contributed by atoms with van der Waals surface area (Å²) in [4.78, 5) is 3.16. The number of rotatable bonds is 5. The van der Waals surface area contributed by atoms with E-state index in [1.165, 1.54) is 28.8 Å². The van der Waals surface area contributed by atoms with Crippen LogP contribution in [0.1, 0.15) is 11.0 Å². The Kier molecular flexibility index (Phi) is 7.97. The van der Waals surface area contributed by atoms with Crippen LogP contribution in [0.2, 0.25) is 0 Å². The fourth-order valence-corrected chi connectivity index (χ4v) is 3.59. The normalized spacial score (nSPS) is 12.5. The molecule has 2 rings (SSSR count). The van der Waals surface area contributed by atoms with E-state index in [2.05, 4.69) is 6.07 Å². The van der Waals surface area contributed by atoms with E-state index in [0.717, 1.165) is 9.79 Å². The van der Waals surface area contributed by atoms with E-state index in [9.17, 15) is 13.5 Å². The molecule has 114 valence electrons. The molecule has 4 nitrogen and oxygen atoms in total. The van der Waals surface area contributed by atoms with E-state index in [0.29, 0.717) is 0 Å². The van der Waals surface area contributed by atoms with Gasteiger partial charge in [-0.05, 0) is 42.2 Å². The number of aliphatic hydroxyl groups is 1. The number of benzene rings is 2. The Bertz CT molecular complexity index is 717. The van der Waals surface area contributed by atoms with Gasteiger partial charge in [-0.25, -0.2) is 0 Å². The minimum absolute atomic E-state index is 0. The molecule has 0 bridgehead atoms. The van der Waals surface area contributed by atoms with Crippen LogP contribution < -0.4 is 0 Å². The number of hydrogen-bond acceptors (Lipinski definition) is 5. The SMILES string of the molecule is CSc1cccc(Sc2ccc(C(O)S(=O)(=O)O)cc2)c1.[NaH]. The maximum absolute atomic E-state index is 10.9. The van der Waals surface area contributed by atoms with Gasteiger partial charge in [0.15, 0.2) is 0 Å². The van der Waals surface area contributed by atoms with Gasteiger partial charge in [0.05, 0.1) is 0 Å².